The van der Waals surface area contributed by atoms with Crippen molar-refractivity contribution in [3.63, 3.8) is 0 Å². The molecule has 0 N–H and O–H groups in total. The predicted octanol–water partition coefficient (Wildman–Crippen LogP) is 13.5. The molecule has 2 aromatic heterocycles. The van der Waals surface area contributed by atoms with E-state index in [9.17, 15) is 0 Å². The molecule has 0 aliphatic heterocycles. The fourth-order valence-corrected chi connectivity index (χ4v) is 8.66. The summed E-state index contributed by atoms with van der Waals surface area (Å²) in [7, 11) is 0. The number of anilines is 3. The lowest BCUT2D eigenvalue weighted by Gasteiger charge is -2.28. The highest BCUT2D eigenvalue weighted by atomic mass is 15.1. The van der Waals surface area contributed by atoms with Gasteiger partial charge in [-0.3, -0.25) is 4.98 Å². The Labute approximate surface area is 310 Å². The second-order valence-corrected chi connectivity index (χ2v) is 14.8. The van der Waals surface area contributed by atoms with Crippen molar-refractivity contribution in [2.45, 2.75) is 32.1 Å². The first kappa shape index (κ1) is 31.3. The molecule has 6 aromatic carbocycles. The normalized spacial score (nSPS) is 14.3. The Morgan fingerprint density at radius 1 is 0.566 bits per heavy atom. The van der Waals surface area contributed by atoms with Gasteiger partial charge in [-0.15, -0.1) is 0 Å². The van der Waals surface area contributed by atoms with Gasteiger partial charge in [0.15, 0.2) is 0 Å². The van der Waals surface area contributed by atoms with Crippen LogP contribution in [0.2, 0.25) is 0 Å². The highest BCUT2D eigenvalue weighted by Gasteiger charge is 2.35. The second-order valence-electron chi connectivity index (χ2n) is 14.8. The number of para-hydroxylation sites is 1. The van der Waals surface area contributed by atoms with Crippen molar-refractivity contribution < 1.29 is 0 Å². The van der Waals surface area contributed by atoms with Crippen molar-refractivity contribution >= 4 is 44.6 Å². The average molecular weight is 682 g/mol. The van der Waals surface area contributed by atoms with Crippen LogP contribution in [-0.2, 0) is 5.41 Å². The van der Waals surface area contributed by atoms with Gasteiger partial charge in [0.2, 0.25) is 0 Å². The molecule has 2 aliphatic carbocycles. The zero-order valence-corrected chi connectivity index (χ0v) is 30.0. The summed E-state index contributed by atoms with van der Waals surface area (Å²) in [5, 5.41) is 2.58. The van der Waals surface area contributed by atoms with Crippen molar-refractivity contribution in [2.24, 2.45) is 0 Å². The van der Waals surface area contributed by atoms with Crippen LogP contribution in [0, 0.1) is 0 Å². The van der Waals surface area contributed by atoms with Crippen LogP contribution in [0.1, 0.15) is 37.8 Å². The van der Waals surface area contributed by atoms with Gasteiger partial charge in [0.05, 0.1) is 11.0 Å². The first-order valence-electron chi connectivity index (χ1n) is 18.6. The van der Waals surface area contributed by atoms with E-state index in [0.29, 0.717) is 0 Å². The van der Waals surface area contributed by atoms with E-state index in [1.165, 1.54) is 60.9 Å². The highest BCUT2D eigenvalue weighted by molar-refractivity contribution is 6.11. The summed E-state index contributed by atoms with van der Waals surface area (Å²) in [5.74, 6) is 0. The fraction of sp³-hybridized carbons (Fsp3) is 0.100. The van der Waals surface area contributed by atoms with Gasteiger partial charge in [0.25, 0.3) is 0 Å². The number of benzene rings is 6. The number of nitrogens with zero attached hydrogens (tertiary/aromatic N) is 3. The SMILES string of the molecule is CC1(C)c2ccccc2-c2ccc(N(c3ccc(-c4cccnc4)cc3)c3ccc(-c4ccc5c(c4)c4ccccc4n5C4=CC=CCC4)cc3)cc21. The van der Waals surface area contributed by atoms with Gasteiger partial charge >= 0.3 is 0 Å². The molecule has 0 amide bonds. The monoisotopic (exact) mass is 681 g/mol. The second kappa shape index (κ2) is 12.4. The Morgan fingerprint density at radius 2 is 1.25 bits per heavy atom. The van der Waals surface area contributed by atoms with Gasteiger partial charge < -0.3 is 9.47 Å². The molecule has 3 nitrogen and oxygen atoms in total. The molecular weight excluding hydrogens is 643 g/mol. The minimum Gasteiger partial charge on any atom is -0.313 e. The van der Waals surface area contributed by atoms with E-state index in [2.05, 4.69) is 186 Å². The topological polar surface area (TPSA) is 21.1 Å². The molecule has 10 rings (SSSR count). The minimum absolute atomic E-state index is 0.0897. The molecule has 0 radical (unpaired) electrons. The summed E-state index contributed by atoms with van der Waals surface area (Å²) < 4.78 is 2.45. The molecule has 3 heteroatoms. The molecule has 0 saturated carbocycles. The van der Waals surface area contributed by atoms with E-state index in [1.807, 2.05) is 18.5 Å². The van der Waals surface area contributed by atoms with Crippen molar-refractivity contribution in [3.8, 4) is 33.4 Å². The van der Waals surface area contributed by atoms with Gasteiger partial charge in [-0.25, -0.2) is 0 Å². The van der Waals surface area contributed by atoms with Crippen molar-refractivity contribution in [2.75, 3.05) is 4.90 Å². The minimum atomic E-state index is -0.0897. The number of pyridine rings is 1. The van der Waals surface area contributed by atoms with Gasteiger partial charge in [-0.2, -0.15) is 0 Å². The molecule has 0 spiro atoms. The van der Waals surface area contributed by atoms with Crippen LogP contribution in [-0.4, -0.2) is 9.55 Å². The maximum Gasteiger partial charge on any atom is 0.0538 e. The van der Waals surface area contributed by atoms with Crippen LogP contribution >= 0.6 is 0 Å². The highest BCUT2D eigenvalue weighted by Crippen LogP contribution is 2.50. The summed E-state index contributed by atoms with van der Waals surface area (Å²) in [4.78, 5) is 6.74. The number of aromatic nitrogens is 2. The lowest BCUT2D eigenvalue weighted by Crippen LogP contribution is -2.16. The molecule has 2 aliphatic rings. The van der Waals surface area contributed by atoms with Crippen LogP contribution < -0.4 is 4.90 Å². The smallest absolute Gasteiger partial charge is 0.0538 e. The third-order valence-corrected chi connectivity index (χ3v) is 11.4. The van der Waals surface area contributed by atoms with E-state index in [1.54, 1.807) is 0 Å². The van der Waals surface area contributed by atoms with Gasteiger partial charge in [-0.05, 0) is 124 Å². The largest absolute Gasteiger partial charge is 0.313 e. The summed E-state index contributed by atoms with van der Waals surface area (Å²) in [6, 6.07) is 53.6. The van der Waals surface area contributed by atoms with Crippen LogP contribution in [0.4, 0.5) is 17.1 Å². The van der Waals surface area contributed by atoms with E-state index in [4.69, 9.17) is 0 Å². The maximum absolute atomic E-state index is 4.35. The standard InChI is InChI=1S/C50H39N3/c1-50(2)46-16-8-6-14-42(46)43-28-27-41(32-47(43)50)52(40-25-20-35(21-26-40)37-11-10-30-51-33-37)39-23-18-34(19-24-39)36-22-29-49-45(31-36)44-15-7-9-17-48(44)53(49)38-12-4-3-5-13-38/h3-4,6-12,14-33H,5,13H2,1-2H3. The zero-order chi connectivity index (χ0) is 35.5. The first-order chi connectivity index (χ1) is 26.0. The number of allylic oxidation sites excluding steroid dienone is 4. The lowest BCUT2D eigenvalue weighted by molar-refractivity contribution is 0.660. The Bertz CT molecular complexity index is 2730. The molecule has 2 heterocycles. The average Bonchev–Trinajstić information content (AvgIpc) is 3.67. The molecule has 254 valence electrons. The number of rotatable bonds is 6. The van der Waals surface area contributed by atoms with Crippen LogP contribution in [0.3, 0.4) is 0 Å². The summed E-state index contributed by atoms with van der Waals surface area (Å²) in [6.45, 7) is 4.70. The number of hydrogen-bond acceptors (Lipinski definition) is 2. The fourth-order valence-electron chi connectivity index (χ4n) is 8.66. The Kier molecular flexibility index (Phi) is 7.29. The molecule has 0 saturated heterocycles. The van der Waals surface area contributed by atoms with Crippen LogP contribution in [0.25, 0.3) is 60.9 Å². The predicted molar refractivity (Wildman–Crippen MR) is 223 cm³/mol. The van der Waals surface area contributed by atoms with E-state index in [0.717, 1.165) is 41.0 Å². The maximum atomic E-state index is 4.35. The quantitative estimate of drug-likeness (QED) is 0.174. The molecule has 0 bridgehead atoms. The van der Waals surface area contributed by atoms with E-state index < -0.39 is 0 Å². The van der Waals surface area contributed by atoms with Crippen molar-refractivity contribution in [3.05, 3.63) is 187 Å². The Morgan fingerprint density at radius 3 is 2.00 bits per heavy atom. The van der Waals surface area contributed by atoms with Gasteiger partial charge in [-0.1, -0.05) is 111 Å². The molecular formula is C50H39N3. The summed E-state index contributed by atoms with van der Waals surface area (Å²) in [5.41, 5.74) is 17.2. The molecule has 8 aromatic rings. The molecule has 0 unspecified atom stereocenters. The van der Waals surface area contributed by atoms with Crippen molar-refractivity contribution in [1.82, 2.24) is 9.55 Å². The number of hydrogen-bond donors (Lipinski definition) is 0. The van der Waals surface area contributed by atoms with Crippen molar-refractivity contribution in [1.29, 1.82) is 0 Å². The van der Waals surface area contributed by atoms with Crippen LogP contribution in [0.5, 0.6) is 0 Å². The van der Waals surface area contributed by atoms with E-state index >= 15 is 0 Å². The molecule has 0 atom stereocenters. The zero-order valence-electron chi connectivity index (χ0n) is 30.0. The van der Waals surface area contributed by atoms with Crippen LogP contribution in [0.15, 0.2) is 176 Å². The Balaban J connectivity index is 1.06. The van der Waals surface area contributed by atoms with Gasteiger partial charge in [0.1, 0.15) is 0 Å². The summed E-state index contributed by atoms with van der Waals surface area (Å²) in [6.07, 6.45) is 12.6. The molecule has 53 heavy (non-hydrogen) atoms. The first-order valence-corrected chi connectivity index (χ1v) is 18.6. The number of fused-ring (bicyclic) bond motifs is 6. The van der Waals surface area contributed by atoms with E-state index in [-0.39, 0.29) is 5.41 Å². The lowest BCUT2D eigenvalue weighted by atomic mass is 9.82. The third kappa shape index (κ3) is 5.15. The third-order valence-electron chi connectivity index (χ3n) is 11.4. The molecule has 0 fully saturated rings. The summed E-state index contributed by atoms with van der Waals surface area (Å²) >= 11 is 0. The van der Waals surface area contributed by atoms with Gasteiger partial charge in [0, 0.05) is 51.3 Å². The Hall–Kier alpha value is -6.45.